The number of nitrogens with zero attached hydrogens (tertiary/aromatic N) is 1. The minimum atomic E-state index is -0.00817. The van der Waals surface area contributed by atoms with Crippen LogP contribution in [0.1, 0.15) is 44.0 Å². The lowest BCUT2D eigenvalue weighted by Gasteiger charge is -2.28. The highest BCUT2D eigenvalue weighted by molar-refractivity contribution is 6.30. The summed E-state index contributed by atoms with van der Waals surface area (Å²) < 4.78 is 0. The van der Waals surface area contributed by atoms with E-state index in [1.807, 2.05) is 12.1 Å². The molecule has 0 aliphatic heterocycles. The molecule has 1 atom stereocenters. The molecule has 0 radical (unpaired) electrons. The van der Waals surface area contributed by atoms with Crippen LogP contribution in [0.15, 0.2) is 24.3 Å². The van der Waals surface area contributed by atoms with E-state index in [1.165, 1.54) is 0 Å². The van der Waals surface area contributed by atoms with E-state index >= 15 is 0 Å². The molecule has 100 valence electrons. The van der Waals surface area contributed by atoms with Crippen LogP contribution in [0.5, 0.6) is 0 Å². The average Bonchev–Trinajstić information content (AvgIpc) is 2.39. The van der Waals surface area contributed by atoms with E-state index in [0.29, 0.717) is 5.02 Å². The van der Waals surface area contributed by atoms with E-state index in [-0.39, 0.29) is 11.8 Å². The molecule has 0 spiro atoms. The smallest absolute Gasteiger partial charge is 0.179 e. The van der Waals surface area contributed by atoms with Crippen molar-refractivity contribution in [3.63, 3.8) is 0 Å². The first-order valence-electron chi connectivity index (χ1n) is 6.67. The Hall–Kier alpha value is -0.860. The van der Waals surface area contributed by atoms with Crippen molar-refractivity contribution in [2.75, 3.05) is 13.1 Å². The molecule has 0 aliphatic carbocycles. The zero-order valence-corrected chi connectivity index (χ0v) is 12.2. The first-order valence-corrected chi connectivity index (χ1v) is 7.05. The van der Waals surface area contributed by atoms with Gasteiger partial charge in [0.1, 0.15) is 0 Å². The number of hydrogen-bond donors (Lipinski definition) is 0. The van der Waals surface area contributed by atoms with Gasteiger partial charge >= 0.3 is 0 Å². The monoisotopic (exact) mass is 267 g/mol. The molecule has 0 bridgehead atoms. The first kappa shape index (κ1) is 15.2. The average molecular weight is 268 g/mol. The summed E-state index contributed by atoms with van der Waals surface area (Å²) in [4.78, 5) is 14.7. The number of benzene rings is 1. The maximum atomic E-state index is 12.5. The van der Waals surface area contributed by atoms with E-state index in [9.17, 15) is 4.79 Å². The second-order valence-corrected chi connectivity index (χ2v) is 4.83. The molecule has 1 rings (SSSR count). The van der Waals surface area contributed by atoms with Crippen LogP contribution in [-0.4, -0.2) is 29.8 Å². The molecule has 0 saturated heterocycles. The molecular weight excluding hydrogens is 246 g/mol. The lowest BCUT2D eigenvalue weighted by atomic mass is 9.99. The van der Waals surface area contributed by atoms with Crippen LogP contribution in [0, 0.1) is 0 Å². The molecule has 0 N–H and O–H groups in total. The zero-order valence-electron chi connectivity index (χ0n) is 11.4. The third kappa shape index (κ3) is 3.82. The van der Waals surface area contributed by atoms with Crippen molar-refractivity contribution >= 4 is 17.4 Å². The highest BCUT2D eigenvalue weighted by atomic mass is 35.5. The number of Topliss-reactive ketones (excluding diaryl/α,β-unsaturated/α-hetero) is 1. The molecule has 18 heavy (non-hydrogen) atoms. The summed E-state index contributed by atoms with van der Waals surface area (Å²) >= 11 is 5.85. The van der Waals surface area contributed by atoms with Crippen LogP contribution in [0.25, 0.3) is 0 Å². The Morgan fingerprint density at radius 3 is 2.17 bits per heavy atom. The summed E-state index contributed by atoms with van der Waals surface area (Å²) in [5.74, 6) is 0.206. The first-order chi connectivity index (χ1) is 8.63. The van der Waals surface area contributed by atoms with Crippen molar-refractivity contribution in [3.8, 4) is 0 Å². The quantitative estimate of drug-likeness (QED) is 0.695. The molecule has 1 aromatic rings. The topological polar surface area (TPSA) is 20.3 Å². The Morgan fingerprint density at radius 2 is 1.72 bits per heavy atom. The van der Waals surface area contributed by atoms with Crippen LogP contribution >= 0.6 is 11.6 Å². The van der Waals surface area contributed by atoms with Crippen molar-refractivity contribution in [2.24, 2.45) is 0 Å². The van der Waals surface area contributed by atoms with Gasteiger partial charge in [0.15, 0.2) is 5.78 Å². The fourth-order valence-electron chi connectivity index (χ4n) is 2.22. The standard InChI is InChI=1S/C15H22ClNO/c1-4-7-14(17(5-2)6-3)15(18)12-8-10-13(16)11-9-12/h8-11,14H,4-7H2,1-3H3. The summed E-state index contributed by atoms with van der Waals surface area (Å²) in [5, 5.41) is 0.668. The van der Waals surface area contributed by atoms with Gasteiger partial charge in [0, 0.05) is 10.6 Å². The second kappa shape index (κ2) is 7.55. The van der Waals surface area contributed by atoms with E-state index in [1.54, 1.807) is 12.1 Å². The molecule has 3 heteroatoms. The van der Waals surface area contributed by atoms with E-state index in [0.717, 1.165) is 31.5 Å². The second-order valence-electron chi connectivity index (χ2n) is 4.40. The fourth-order valence-corrected chi connectivity index (χ4v) is 2.35. The number of hydrogen-bond acceptors (Lipinski definition) is 2. The van der Waals surface area contributed by atoms with Gasteiger partial charge in [-0.3, -0.25) is 9.69 Å². The molecule has 0 aromatic heterocycles. The highest BCUT2D eigenvalue weighted by Gasteiger charge is 2.23. The molecular formula is C15H22ClNO. The number of rotatable bonds is 7. The van der Waals surface area contributed by atoms with Crippen molar-refractivity contribution in [1.82, 2.24) is 4.90 Å². The highest BCUT2D eigenvalue weighted by Crippen LogP contribution is 2.16. The predicted molar refractivity (Wildman–Crippen MR) is 77.4 cm³/mol. The van der Waals surface area contributed by atoms with Gasteiger partial charge in [-0.1, -0.05) is 38.8 Å². The van der Waals surface area contributed by atoms with Crippen LogP contribution in [0.4, 0.5) is 0 Å². The molecule has 0 saturated carbocycles. The van der Waals surface area contributed by atoms with Gasteiger partial charge in [0.2, 0.25) is 0 Å². The molecule has 1 unspecified atom stereocenters. The van der Waals surface area contributed by atoms with Gasteiger partial charge in [-0.05, 0) is 43.8 Å². The number of likely N-dealkylation sites (N-methyl/N-ethyl adjacent to an activating group) is 1. The molecule has 1 aromatic carbocycles. The number of halogens is 1. The Labute approximate surface area is 115 Å². The van der Waals surface area contributed by atoms with Gasteiger partial charge in [0.25, 0.3) is 0 Å². The van der Waals surface area contributed by atoms with Crippen molar-refractivity contribution in [2.45, 2.75) is 39.7 Å². The molecule has 0 fully saturated rings. The number of carbonyl (C=O) groups excluding carboxylic acids is 1. The van der Waals surface area contributed by atoms with E-state index in [4.69, 9.17) is 11.6 Å². The lowest BCUT2D eigenvalue weighted by Crippen LogP contribution is -2.41. The Kier molecular flexibility index (Phi) is 6.37. The maximum Gasteiger partial charge on any atom is 0.179 e. The van der Waals surface area contributed by atoms with Gasteiger partial charge in [-0.15, -0.1) is 0 Å². The third-order valence-electron chi connectivity index (χ3n) is 3.25. The lowest BCUT2D eigenvalue weighted by molar-refractivity contribution is 0.0818. The third-order valence-corrected chi connectivity index (χ3v) is 3.50. The van der Waals surface area contributed by atoms with Gasteiger partial charge < -0.3 is 0 Å². The van der Waals surface area contributed by atoms with Gasteiger partial charge in [-0.25, -0.2) is 0 Å². The summed E-state index contributed by atoms with van der Waals surface area (Å²) in [7, 11) is 0. The van der Waals surface area contributed by atoms with Crippen LogP contribution in [0.3, 0.4) is 0 Å². The maximum absolute atomic E-state index is 12.5. The molecule has 0 heterocycles. The Bertz CT molecular complexity index is 371. The molecule has 2 nitrogen and oxygen atoms in total. The minimum absolute atomic E-state index is 0.00817. The zero-order chi connectivity index (χ0) is 13.5. The Balaban J connectivity index is 2.91. The SMILES string of the molecule is CCCC(C(=O)c1ccc(Cl)cc1)N(CC)CC. The Morgan fingerprint density at radius 1 is 1.17 bits per heavy atom. The van der Waals surface area contributed by atoms with Gasteiger partial charge in [-0.2, -0.15) is 0 Å². The summed E-state index contributed by atoms with van der Waals surface area (Å²) in [5.41, 5.74) is 0.754. The summed E-state index contributed by atoms with van der Waals surface area (Å²) in [6, 6.07) is 7.18. The van der Waals surface area contributed by atoms with Crippen molar-refractivity contribution in [3.05, 3.63) is 34.9 Å². The largest absolute Gasteiger partial charge is 0.294 e. The van der Waals surface area contributed by atoms with Crippen molar-refractivity contribution in [1.29, 1.82) is 0 Å². The fraction of sp³-hybridized carbons (Fsp3) is 0.533. The summed E-state index contributed by atoms with van der Waals surface area (Å²) in [6.07, 6.45) is 1.92. The van der Waals surface area contributed by atoms with Crippen LogP contribution in [0.2, 0.25) is 5.02 Å². The van der Waals surface area contributed by atoms with Crippen molar-refractivity contribution < 1.29 is 4.79 Å². The van der Waals surface area contributed by atoms with Crippen LogP contribution in [-0.2, 0) is 0 Å². The minimum Gasteiger partial charge on any atom is -0.294 e. The molecule has 0 amide bonds. The number of carbonyl (C=O) groups is 1. The summed E-state index contributed by atoms with van der Waals surface area (Å²) in [6.45, 7) is 8.12. The predicted octanol–water partition coefficient (Wildman–Crippen LogP) is 4.03. The number of ketones is 1. The van der Waals surface area contributed by atoms with E-state index < -0.39 is 0 Å². The molecule has 0 aliphatic rings. The normalized spacial score (nSPS) is 12.7. The van der Waals surface area contributed by atoms with Gasteiger partial charge in [0.05, 0.1) is 6.04 Å². The van der Waals surface area contributed by atoms with E-state index in [2.05, 4.69) is 25.7 Å². The van der Waals surface area contributed by atoms with Crippen LogP contribution < -0.4 is 0 Å².